The van der Waals surface area contributed by atoms with Gasteiger partial charge in [-0.2, -0.15) is 5.10 Å². The van der Waals surface area contributed by atoms with Crippen molar-refractivity contribution in [3.05, 3.63) is 120 Å². The van der Waals surface area contributed by atoms with Gasteiger partial charge in [-0.1, -0.05) is 82.0 Å². The number of aromatic amines is 1. The average Bonchev–Trinajstić information content (AvgIpc) is 4.01. The second kappa shape index (κ2) is 20.1. The van der Waals surface area contributed by atoms with Crippen LogP contribution >= 0.6 is 0 Å². The molecule has 8 rings (SSSR count). The molecule has 2 amide bonds. The Morgan fingerprint density at radius 3 is 2.60 bits per heavy atom. The lowest BCUT2D eigenvalue weighted by Gasteiger charge is -2.32. The molecule has 3 unspecified atom stereocenters. The lowest BCUT2D eigenvalue weighted by Crippen LogP contribution is -2.34. The zero-order valence-electron chi connectivity index (χ0n) is 34.6. The van der Waals surface area contributed by atoms with Gasteiger partial charge in [-0.3, -0.25) is 24.7 Å². The van der Waals surface area contributed by atoms with Gasteiger partial charge in [-0.25, -0.2) is 4.79 Å². The van der Waals surface area contributed by atoms with E-state index in [1.165, 1.54) is 22.4 Å². The number of fused-ring (bicyclic) bond motifs is 1. The lowest BCUT2D eigenvalue weighted by molar-refractivity contribution is -0.105. The van der Waals surface area contributed by atoms with Crippen molar-refractivity contribution in [1.29, 1.82) is 0 Å². The van der Waals surface area contributed by atoms with Gasteiger partial charge in [0.1, 0.15) is 12.8 Å². The summed E-state index contributed by atoms with van der Waals surface area (Å²) in [4.78, 5) is 36.0. The summed E-state index contributed by atoms with van der Waals surface area (Å²) >= 11 is 0. The number of methoxy groups -OCH3 is 1. The Hall–Kier alpha value is -5.72. The summed E-state index contributed by atoms with van der Waals surface area (Å²) in [6.45, 7) is 16.5. The minimum atomic E-state index is -0.289. The molecule has 2 N–H and O–H groups in total. The number of hydrogen-bond acceptors (Lipinski definition) is 9. The van der Waals surface area contributed by atoms with Crippen LogP contribution in [0, 0.1) is 5.92 Å². The molecular formula is C46H58N8O4. The monoisotopic (exact) mass is 786 g/mol. The van der Waals surface area contributed by atoms with Gasteiger partial charge in [0.2, 0.25) is 6.41 Å². The first-order valence-corrected chi connectivity index (χ1v) is 20.4. The molecule has 0 saturated carbocycles. The number of likely N-dealkylation sites (tertiary alicyclic amines) is 1. The number of benzene rings is 2. The number of aromatic nitrogens is 2. The highest BCUT2D eigenvalue weighted by atomic mass is 16.6. The SMILES string of the molecule is C=C(CN1CCC(OC)C1)N1CC=C(c2ccc(C3N=CC=CN3C)cc2)CC1.CC.CC1C=C/C=C(/c2n[nH]c3ccc(NC=O)cc23)C/C=C\1N1CCOC1=O. The molecule has 0 radical (unpaired) electrons. The highest BCUT2D eigenvalue weighted by Gasteiger charge is 2.28. The Morgan fingerprint density at radius 1 is 1.09 bits per heavy atom. The predicted molar refractivity (Wildman–Crippen MR) is 234 cm³/mol. The molecule has 1 aliphatic carbocycles. The van der Waals surface area contributed by atoms with Crippen LogP contribution in [0.2, 0.25) is 0 Å². The van der Waals surface area contributed by atoms with Gasteiger partial charge >= 0.3 is 6.09 Å². The minimum Gasteiger partial charge on any atom is -0.447 e. The van der Waals surface area contributed by atoms with Crippen molar-refractivity contribution in [2.45, 2.75) is 52.3 Å². The van der Waals surface area contributed by atoms with E-state index in [1.807, 2.05) is 63.6 Å². The van der Waals surface area contributed by atoms with Crippen molar-refractivity contribution in [2.24, 2.45) is 10.9 Å². The summed E-state index contributed by atoms with van der Waals surface area (Å²) in [5.74, 6) is 0.118. The summed E-state index contributed by atoms with van der Waals surface area (Å²) in [5.41, 5.74) is 9.61. The van der Waals surface area contributed by atoms with Gasteiger partial charge in [-0.05, 0) is 65.8 Å². The van der Waals surface area contributed by atoms with Crippen molar-refractivity contribution in [3.63, 3.8) is 0 Å². The average molecular weight is 787 g/mol. The maximum absolute atomic E-state index is 12.0. The van der Waals surface area contributed by atoms with E-state index < -0.39 is 0 Å². The first-order valence-electron chi connectivity index (χ1n) is 20.4. The van der Waals surface area contributed by atoms with Gasteiger partial charge in [0.05, 0.1) is 23.9 Å². The van der Waals surface area contributed by atoms with Crippen LogP contribution in [0.1, 0.15) is 63.0 Å². The predicted octanol–water partition coefficient (Wildman–Crippen LogP) is 8.01. The van der Waals surface area contributed by atoms with Crippen LogP contribution in [0.5, 0.6) is 0 Å². The highest BCUT2D eigenvalue weighted by molar-refractivity contribution is 5.94. The van der Waals surface area contributed by atoms with E-state index in [-0.39, 0.29) is 18.2 Å². The zero-order chi connectivity index (χ0) is 41.0. The molecule has 58 heavy (non-hydrogen) atoms. The Labute approximate surface area is 342 Å². The Balaban J connectivity index is 0.000000188. The normalized spacial score (nSPS) is 23.6. The molecule has 3 atom stereocenters. The van der Waals surface area contributed by atoms with Crippen molar-refractivity contribution in [1.82, 2.24) is 29.8 Å². The van der Waals surface area contributed by atoms with Crippen molar-refractivity contribution >= 4 is 46.5 Å². The van der Waals surface area contributed by atoms with E-state index in [0.717, 1.165) is 73.4 Å². The molecule has 2 saturated heterocycles. The molecule has 5 aliphatic rings. The summed E-state index contributed by atoms with van der Waals surface area (Å²) in [6.07, 6.45) is 20.1. The summed E-state index contributed by atoms with van der Waals surface area (Å²) in [6, 6.07) is 14.5. The molecule has 3 aromatic rings. The smallest absolute Gasteiger partial charge is 0.414 e. The summed E-state index contributed by atoms with van der Waals surface area (Å²) in [5, 5.41) is 11.1. The van der Waals surface area contributed by atoms with Crippen molar-refractivity contribution < 1.29 is 19.1 Å². The van der Waals surface area contributed by atoms with Crippen LogP contribution in [-0.2, 0) is 14.3 Å². The topological polar surface area (TPSA) is 119 Å². The third-order valence-electron chi connectivity index (χ3n) is 11.1. The van der Waals surface area contributed by atoms with E-state index >= 15 is 0 Å². The second-order valence-electron chi connectivity index (χ2n) is 14.7. The van der Waals surface area contributed by atoms with Crippen LogP contribution in [-0.4, -0.2) is 115 Å². The molecule has 2 aromatic carbocycles. The number of rotatable bonds is 10. The van der Waals surface area contributed by atoms with Crippen LogP contribution in [0.25, 0.3) is 22.0 Å². The van der Waals surface area contributed by atoms with E-state index in [4.69, 9.17) is 9.47 Å². The van der Waals surface area contributed by atoms with E-state index in [2.05, 4.69) is 104 Å². The number of nitrogens with one attached hydrogen (secondary N) is 2. The maximum Gasteiger partial charge on any atom is 0.414 e. The third kappa shape index (κ3) is 10.0. The highest BCUT2D eigenvalue weighted by Crippen LogP contribution is 2.32. The molecule has 12 heteroatoms. The molecule has 306 valence electrons. The fraction of sp³-hybridized carbons (Fsp3) is 0.391. The lowest BCUT2D eigenvalue weighted by atomic mass is 9.97. The van der Waals surface area contributed by atoms with Crippen LogP contribution in [0.15, 0.2) is 108 Å². The quantitative estimate of drug-likeness (QED) is 0.199. The van der Waals surface area contributed by atoms with Crippen molar-refractivity contribution in [2.75, 3.05) is 65.3 Å². The number of hydrogen-bond donors (Lipinski definition) is 2. The standard InChI is InChI=1S/C24H32N4O.C20H20N4O3.C2H6/c1-19(17-27-14-11-23(18-27)29-3)28-15-9-21(10-16-28)20-5-7-22(8-6-20)24-25-12-4-13-26(24)2;1-13-3-2-4-14(5-8-18(13)24-9-10-27-20(24)26)19-16-11-15(21-12-25)6-7-17(16)22-23-19;1-2/h4-9,12-13,23-24H,1,10-11,14-18H2,2-3H3;2-4,6-8,11-13H,5,9-10H2,1H3,(H,21,25)(H,22,23);1-2H3/b;3-2?,14-4+,18-8+;. The number of ether oxygens (including phenoxy) is 2. The summed E-state index contributed by atoms with van der Waals surface area (Å²) in [7, 11) is 3.87. The number of amides is 2. The number of anilines is 1. The maximum atomic E-state index is 12.0. The fourth-order valence-electron chi connectivity index (χ4n) is 7.87. The van der Waals surface area contributed by atoms with Gasteiger partial charge in [0, 0.05) is 87.7 Å². The van der Waals surface area contributed by atoms with Gasteiger partial charge < -0.3 is 24.6 Å². The first-order chi connectivity index (χ1) is 28.3. The fourth-order valence-corrected chi connectivity index (χ4v) is 7.87. The molecule has 4 aliphatic heterocycles. The van der Waals surface area contributed by atoms with Crippen LogP contribution in [0.3, 0.4) is 0 Å². The molecule has 1 aromatic heterocycles. The number of carbonyl (C=O) groups is 2. The first kappa shape index (κ1) is 41.9. The molecule has 0 bridgehead atoms. The number of H-pyrrole nitrogens is 1. The minimum absolute atomic E-state index is 0.0801. The zero-order valence-corrected chi connectivity index (χ0v) is 34.6. The Morgan fingerprint density at radius 2 is 1.91 bits per heavy atom. The molecule has 12 nitrogen and oxygen atoms in total. The number of carbonyl (C=O) groups excluding carboxylic acids is 2. The van der Waals surface area contributed by atoms with Crippen LogP contribution in [0.4, 0.5) is 10.5 Å². The van der Waals surface area contributed by atoms with Crippen molar-refractivity contribution in [3.8, 4) is 0 Å². The number of cyclic esters (lactones) is 1. The van der Waals surface area contributed by atoms with E-state index in [1.54, 1.807) is 4.90 Å². The van der Waals surface area contributed by atoms with Gasteiger partial charge in [0.25, 0.3) is 0 Å². The number of aliphatic imine (C=N–C) groups is 1. The Kier molecular flexibility index (Phi) is 14.5. The van der Waals surface area contributed by atoms with Gasteiger partial charge in [-0.15, -0.1) is 0 Å². The molecule has 0 spiro atoms. The Bertz CT molecular complexity index is 2090. The van der Waals surface area contributed by atoms with E-state index in [0.29, 0.717) is 37.8 Å². The molecular weight excluding hydrogens is 729 g/mol. The van der Waals surface area contributed by atoms with Crippen LogP contribution < -0.4 is 5.32 Å². The second-order valence-corrected chi connectivity index (χ2v) is 14.7. The van der Waals surface area contributed by atoms with Gasteiger partial charge in [0.15, 0.2) is 0 Å². The summed E-state index contributed by atoms with van der Waals surface area (Å²) < 4.78 is 10.6. The number of allylic oxidation sites excluding steroid dienone is 6. The number of nitrogens with zero attached hydrogens (tertiary/aromatic N) is 6. The largest absolute Gasteiger partial charge is 0.447 e. The molecule has 5 heterocycles. The molecule has 2 fully saturated rings. The third-order valence-corrected chi connectivity index (χ3v) is 11.1. The van der Waals surface area contributed by atoms with E-state index in [9.17, 15) is 9.59 Å².